The summed E-state index contributed by atoms with van der Waals surface area (Å²) < 4.78 is 7.79. The Morgan fingerprint density at radius 1 is 0.506 bits per heavy atom. The number of aryl methyl sites for hydroxylation is 1. The van der Waals surface area contributed by atoms with Gasteiger partial charge < -0.3 is 14.2 Å². The van der Waals surface area contributed by atoms with E-state index in [2.05, 4.69) is 225 Å². The van der Waals surface area contributed by atoms with Crippen molar-refractivity contribution in [1.29, 1.82) is 0 Å². The lowest BCUT2D eigenvalue weighted by Gasteiger charge is -2.48. The van der Waals surface area contributed by atoms with Gasteiger partial charge in [0.15, 0.2) is 0 Å². The first kappa shape index (κ1) is 51.0. The van der Waals surface area contributed by atoms with Gasteiger partial charge in [-0.3, -0.25) is 0 Å². The van der Waals surface area contributed by atoms with Gasteiger partial charge in [-0.1, -0.05) is 160 Å². The molecule has 0 spiro atoms. The Labute approximate surface area is 463 Å². The van der Waals surface area contributed by atoms with Crippen LogP contribution in [-0.2, 0) is 37.9 Å². The maximum atomic E-state index is 7.79. The van der Waals surface area contributed by atoms with Crippen LogP contribution >= 0.6 is 0 Å². The zero-order chi connectivity index (χ0) is 54.6. The van der Waals surface area contributed by atoms with E-state index in [1.165, 1.54) is 149 Å². The molecule has 4 heteroatoms. The van der Waals surface area contributed by atoms with Crippen LogP contribution in [0.15, 0.2) is 95.4 Å². The number of nitrogens with zero attached hydrogens (tertiary/aromatic N) is 2. The second-order valence-electron chi connectivity index (χ2n) is 30.7. The van der Waals surface area contributed by atoms with E-state index in [0.717, 1.165) is 30.5 Å². The number of furan rings is 1. The third-order valence-corrected chi connectivity index (χ3v) is 21.4. The van der Waals surface area contributed by atoms with E-state index >= 15 is 0 Å². The summed E-state index contributed by atoms with van der Waals surface area (Å²) in [6.45, 7) is 44.0. The Hall–Kier alpha value is -5.48. The van der Waals surface area contributed by atoms with Crippen molar-refractivity contribution in [3.8, 4) is 11.1 Å². The molecule has 3 nitrogen and oxygen atoms in total. The molecule has 2 unspecified atom stereocenters. The highest BCUT2D eigenvalue weighted by atomic mass is 16.3. The Kier molecular flexibility index (Phi) is 10.8. The van der Waals surface area contributed by atoms with Crippen LogP contribution in [-0.4, -0.2) is 6.71 Å². The predicted octanol–water partition coefficient (Wildman–Crippen LogP) is 18.8. The molecular weight excluding hydrogens is 932 g/mol. The van der Waals surface area contributed by atoms with Crippen molar-refractivity contribution < 1.29 is 4.42 Å². The summed E-state index contributed by atoms with van der Waals surface area (Å²) in [5.41, 5.74) is 29.8. The fourth-order valence-corrected chi connectivity index (χ4v) is 16.0. The predicted molar refractivity (Wildman–Crippen MR) is 331 cm³/mol. The number of benzene rings is 6. The molecular formula is C73H87BN2O. The SMILES string of the molecule is Cc1cc2c3c(c1)N(c1ccc4c(c1)C(C)(C)CCC4(C)C)c1c(oc4cc5c(cc14)C(C)CCC5C)B3c1cc3c(cc1N2c1ccc2c(c1-c1ccc(C(C)(C)C)cc1)C(C)(C)CCC2(C)C)C(C)(C)CCC3(C)C. The van der Waals surface area contributed by atoms with Crippen LogP contribution in [0, 0.1) is 6.92 Å². The van der Waals surface area contributed by atoms with Crippen LogP contribution in [0.4, 0.5) is 34.1 Å². The molecule has 2 aliphatic heterocycles. The molecule has 0 bridgehead atoms. The van der Waals surface area contributed by atoms with Crippen molar-refractivity contribution in [2.24, 2.45) is 0 Å². The van der Waals surface area contributed by atoms with Crippen LogP contribution < -0.4 is 26.4 Å². The third kappa shape index (κ3) is 7.47. The second-order valence-corrected chi connectivity index (χ2v) is 30.7. The third-order valence-electron chi connectivity index (χ3n) is 21.4. The standard InChI is InChI=1S/C73H87BN2O/c1-42-35-59-64-60(36-42)76(57-28-27-52-63(73(17,18)34-33-69(52,9)10)62(57)45-21-23-46(24-22-45)67(4,5)6)58-41-55-54(71(13,14)31-32-72(55,15)16)40-56(58)74(64)66-65(50-38-48-43(2)19-20-44(3)49(48)39-61(50)77-66)75(59)47-25-26-51-53(37-47)70(11,12)30-29-68(51,7)8/h21-28,35-41,43-44H,19-20,29-34H2,1-18H3. The topological polar surface area (TPSA) is 19.6 Å². The number of hydrogen-bond donors (Lipinski definition) is 0. The second kappa shape index (κ2) is 16.3. The van der Waals surface area contributed by atoms with Crippen LogP contribution in [0.5, 0.6) is 0 Å². The van der Waals surface area contributed by atoms with Gasteiger partial charge in [-0.15, -0.1) is 0 Å². The molecule has 0 radical (unpaired) electrons. The quantitative estimate of drug-likeness (QED) is 0.164. The van der Waals surface area contributed by atoms with Crippen LogP contribution in [0.2, 0.25) is 0 Å². The van der Waals surface area contributed by atoms with Gasteiger partial charge in [0.05, 0.1) is 17.0 Å². The first-order valence-electron chi connectivity index (χ1n) is 30.0. The van der Waals surface area contributed by atoms with Crippen LogP contribution in [0.25, 0.3) is 22.1 Å². The molecule has 0 fully saturated rings. The molecule has 0 saturated carbocycles. The number of rotatable bonds is 3. The molecule has 7 aromatic rings. The Morgan fingerprint density at radius 2 is 1.03 bits per heavy atom. The van der Waals surface area contributed by atoms with E-state index in [4.69, 9.17) is 4.42 Å². The highest BCUT2D eigenvalue weighted by Gasteiger charge is 2.51. The molecule has 0 amide bonds. The maximum Gasteiger partial charge on any atom is 0.297 e. The molecule has 0 N–H and O–H groups in total. The summed E-state index contributed by atoms with van der Waals surface area (Å²) in [6, 6.07) is 37.9. The highest BCUT2D eigenvalue weighted by Crippen LogP contribution is 2.58. The Balaban J connectivity index is 1.18. The zero-order valence-electron chi connectivity index (χ0n) is 50.4. The number of fused-ring (bicyclic) bond motifs is 10. The fourth-order valence-electron chi connectivity index (χ4n) is 16.0. The van der Waals surface area contributed by atoms with Crippen molar-refractivity contribution in [3.63, 3.8) is 0 Å². The minimum absolute atomic E-state index is 0.00617. The van der Waals surface area contributed by atoms with Gasteiger partial charge in [-0.25, -0.2) is 0 Å². The molecule has 13 rings (SSSR count). The number of anilines is 6. The van der Waals surface area contributed by atoms with Crippen LogP contribution in [0.1, 0.15) is 237 Å². The first-order valence-corrected chi connectivity index (χ1v) is 30.0. The van der Waals surface area contributed by atoms with Gasteiger partial charge in [-0.2, -0.15) is 0 Å². The Bertz CT molecular complexity index is 3640. The average molecular weight is 1020 g/mol. The van der Waals surface area contributed by atoms with E-state index in [-0.39, 0.29) is 44.6 Å². The summed E-state index contributed by atoms with van der Waals surface area (Å²) in [6.07, 6.45) is 9.40. The van der Waals surface area contributed by atoms with Crippen molar-refractivity contribution in [2.45, 2.75) is 226 Å². The van der Waals surface area contributed by atoms with E-state index in [9.17, 15) is 0 Å². The highest BCUT2D eigenvalue weighted by molar-refractivity contribution is 7.00. The largest absolute Gasteiger partial charge is 0.468 e. The molecule has 398 valence electrons. The zero-order valence-corrected chi connectivity index (χ0v) is 50.4. The van der Waals surface area contributed by atoms with Crippen molar-refractivity contribution in [1.82, 2.24) is 0 Å². The van der Waals surface area contributed by atoms with E-state index in [1.807, 2.05) is 0 Å². The van der Waals surface area contributed by atoms with Gasteiger partial charge in [0.1, 0.15) is 5.58 Å². The molecule has 77 heavy (non-hydrogen) atoms. The molecule has 1 aromatic heterocycles. The monoisotopic (exact) mass is 1020 g/mol. The van der Waals surface area contributed by atoms with Gasteiger partial charge in [-0.05, 0) is 229 Å². The number of hydrogen-bond acceptors (Lipinski definition) is 3. The minimum atomic E-state index is -0.126. The molecule has 6 aromatic carbocycles. The van der Waals surface area contributed by atoms with Crippen molar-refractivity contribution in [2.75, 3.05) is 9.80 Å². The lowest BCUT2D eigenvalue weighted by Crippen LogP contribution is -2.61. The molecule has 3 heterocycles. The summed E-state index contributed by atoms with van der Waals surface area (Å²) >= 11 is 0. The maximum absolute atomic E-state index is 7.79. The van der Waals surface area contributed by atoms with Gasteiger partial charge in [0.2, 0.25) is 0 Å². The first-order chi connectivity index (χ1) is 36.0. The van der Waals surface area contributed by atoms with Crippen molar-refractivity contribution >= 4 is 68.4 Å². The molecule has 6 aliphatic rings. The Morgan fingerprint density at radius 3 is 1.64 bits per heavy atom. The summed E-state index contributed by atoms with van der Waals surface area (Å²) in [7, 11) is 0. The van der Waals surface area contributed by atoms with E-state index in [1.54, 1.807) is 0 Å². The van der Waals surface area contributed by atoms with Gasteiger partial charge in [0.25, 0.3) is 6.71 Å². The lowest BCUT2D eigenvalue weighted by molar-refractivity contribution is 0.332. The lowest BCUT2D eigenvalue weighted by atomic mass is 9.35. The van der Waals surface area contributed by atoms with E-state index < -0.39 is 0 Å². The van der Waals surface area contributed by atoms with Crippen LogP contribution in [0.3, 0.4) is 0 Å². The average Bonchev–Trinajstić information content (AvgIpc) is 4.04. The summed E-state index contributed by atoms with van der Waals surface area (Å²) in [5.74, 6) is 0.988. The van der Waals surface area contributed by atoms with Crippen molar-refractivity contribution in [3.05, 3.63) is 147 Å². The van der Waals surface area contributed by atoms with Gasteiger partial charge >= 0.3 is 0 Å². The normalized spacial score (nSPS) is 22.5. The summed E-state index contributed by atoms with van der Waals surface area (Å²) in [5, 5.41) is 1.25. The molecule has 4 aliphatic carbocycles. The minimum Gasteiger partial charge on any atom is -0.468 e. The molecule has 2 atom stereocenters. The fraction of sp³-hybridized carbons (Fsp3) is 0.479. The van der Waals surface area contributed by atoms with E-state index in [0.29, 0.717) is 11.8 Å². The summed E-state index contributed by atoms with van der Waals surface area (Å²) in [4.78, 5) is 5.46. The molecule has 0 saturated heterocycles. The van der Waals surface area contributed by atoms with Gasteiger partial charge in [0, 0.05) is 33.7 Å². The smallest absolute Gasteiger partial charge is 0.297 e.